The van der Waals surface area contributed by atoms with E-state index in [2.05, 4.69) is 15.0 Å². The zero-order valence-electron chi connectivity index (χ0n) is 16.0. The number of fused-ring (bicyclic) bond motifs is 1. The third kappa shape index (κ3) is 5.14. The largest absolute Gasteiger partial charge is 0.494 e. The molecule has 29 heavy (non-hydrogen) atoms. The first-order valence-electron chi connectivity index (χ1n) is 8.81. The van der Waals surface area contributed by atoms with Gasteiger partial charge in [-0.3, -0.25) is 4.79 Å². The molecule has 0 amide bonds. The minimum atomic E-state index is -0.489. The van der Waals surface area contributed by atoms with Gasteiger partial charge in [-0.2, -0.15) is 0 Å². The number of aromatic nitrogens is 2. The molecule has 0 atom stereocenters. The maximum absolute atomic E-state index is 12.3. The molecular weight excluding hydrogens is 392 g/mol. The number of amidine groups is 1. The van der Waals surface area contributed by atoms with Gasteiger partial charge >= 0.3 is 5.97 Å². The molecule has 150 valence electrons. The van der Waals surface area contributed by atoms with Crippen molar-refractivity contribution in [3.8, 4) is 5.75 Å². The molecule has 0 unspecified atom stereocenters. The Labute approximate surface area is 171 Å². The number of H-pyrrole nitrogens is 1. The number of methoxy groups -OCH3 is 1. The van der Waals surface area contributed by atoms with E-state index in [4.69, 9.17) is 15.2 Å². The zero-order valence-corrected chi connectivity index (χ0v) is 16.8. The highest BCUT2D eigenvalue weighted by molar-refractivity contribution is 8.13. The predicted octanol–water partition coefficient (Wildman–Crippen LogP) is 2.99. The summed E-state index contributed by atoms with van der Waals surface area (Å²) >= 11 is 1.24. The topological polar surface area (TPSA) is 120 Å². The van der Waals surface area contributed by atoms with Crippen molar-refractivity contribution >= 4 is 39.5 Å². The van der Waals surface area contributed by atoms with E-state index in [9.17, 15) is 9.59 Å². The first-order chi connectivity index (χ1) is 14.0. The minimum Gasteiger partial charge on any atom is -0.494 e. The van der Waals surface area contributed by atoms with Gasteiger partial charge in [-0.25, -0.2) is 14.8 Å². The molecule has 0 aliphatic rings. The van der Waals surface area contributed by atoms with Crippen molar-refractivity contribution < 1.29 is 14.3 Å². The van der Waals surface area contributed by atoms with Crippen molar-refractivity contribution in [3.63, 3.8) is 0 Å². The molecule has 0 spiro atoms. The van der Waals surface area contributed by atoms with Crippen molar-refractivity contribution in [3.05, 3.63) is 64.2 Å². The Hall–Kier alpha value is -3.33. The predicted molar refractivity (Wildman–Crippen MR) is 114 cm³/mol. The lowest BCUT2D eigenvalue weighted by Gasteiger charge is -2.05. The standard InChI is InChI=1S/C20H20N4O4S/c1-3-28-14-7-5-13(6-8-14)22-20(21)29-11-17-23-16-10-12(19(26)27-2)4-9-15(16)18(25)24-17/h4-10H,3,11H2,1-2H3,(H2,21,22)(H,23,24,25). The number of rotatable bonds is 6. The zero-order chi connectivity index (χ0) is 20.8. The van der Waals surface area contributed by atoms with Gasteiger partial charge < -0.3 is 20.2 Å². The van der Waals surface area contributed by atoms with E-state index < -0.39 is 5.97 Å². The van der Waals surface area contributed by atoms with Gasteiger partial charge in [-0.1, -0.05) is 11.8 Å². The first-order valence-corrected chi connectivity index (χ1v) is 9.79. The van der Waals surface area contributed by atoms with Crippen molar-refractivity contribution in [2.45, 2.75) is 12.7 Å². The molecule has 3 N–H and O–H groups in total. The Morgan fingerprint density at radius 2 is 2.00 bits per heavy atom. The number of aliphatic imine (C=N–C) groups is 1. The molecule has 1 heterocycles. The summed E-state index contributed by atoms with van der Waals surface area (Å²) in [6, 6.07) is 11.9. The Kier molecular flexibility index (Phi) is 6.50. The summed E-state index contributed by atoms with van der Waals surface area (Å²) in [6.45, 7) is 2.51. The fourth-order valence-electron chi connectivity index (χ4n) is 2.59. The van der Waals surface area contributed by atoms with Crippen molar-refractivity contribution in [2.75, 3.05) is 13.7 Å². The van der Waals surface area contributed by atoms with Crippen LogP contribution in [0.5, 0.6) is 5.75 Å². The summed E-state index contributed by atoms with van der Waals surface area (Å²) in [5, 5.41) is 0.725. The molecule has 8 nitrogen and oxygen atoms in total. The van der Waals surface area contributed by atoms with Crippen LogP contribution in [0.4, 0.5) is 5.69 Å². The molecule has 2 aromatic carbocycles. The highest BCUT2D eigenvalue weighted by Crippen LogP contribution is 2.20. The lowest BCUT2D eigenvalue weighted by Crippen LogP contribution is -2.14. The minimum absolute atomic E-state index is 0.288. The van der Waals surface area contributed by atoms with Gasteiger partial charge in [0.1, 0.15) is 11.6 Å². The van der Waals surface area contributed by atoms with Crippen molar-refractivity contribution in [2.24, 2.45) is 10.7 Å². The number of nitrogens with two attached hydrogens (primary N) is 1. The van der Waals surface area contributed by atoms with E-state index in [0.29, 0.717) is 45.5 Å². The van der Waals surface area contributed by atoms with Gasteiger partial charge in [0.15, 0.2) is 5.17 Å². The first kappa shape index (κ1) is 20.4. The Balaban J connectivity index is 1.75. The number of aromatic amines is 1. The second-order valence-corrected chi connectivity index (χ2v) is 6.90. The van der Waals surface area contributed by atoms with E-state index >= 15 is 0 Å². The number of benzene rings is 2. The summed E-state index contributed by atoms with van der Waals surface area (Å²) in [6.07, 6.45) is 0. The molecule has 0 radical (unpaired) electrons. The summed E-state index contributed by atoms with van der Waals surface area (Å²) < 4.78 is 10.1. The number of ether oxygens (including phenoxy) is 2. The molecule has 3 aromatic rings. The molecule has 0 fully saturated rings. The molecular formula is C20H20N4O4S. The van der Waals surface area contributed by atoms with Gasteiger partial charge in [0.25, 0.3) is 5.56 Å². The second kappa shape index (κ2) is 9.24. The highest BCUT2D eigenvalue weighted by atomic mass is 32.2. The maximum Gasteiger partial charge on any atom is 0.337 e. The maximum atomic E-state index is 12.3. The van der Waals surface area contributed by atoms with Crippen LogP contribution in [0.15, 0.2) is 52.3 Å². The average molecular weight is 412 g/mol. The van der Waals surface area contributed by atoms with Gasteiger partial charge in [0.05, 0.1) is 41.6 Å². The van der Waals surface area contributed by atoms with Crippen LogP contribution in [0.2, 0.25) is 0 Å². The number of nitrogens with zero attached hydrogens (tertiary/aromatic N) is 2. The Morgan fingerprint density at radius 3 is 2.69 bits per heavy atom. The van der Waals surface area contributed by atoms with E-state index in [-0.39, 0.29) is 5.56 Å². The van der Waals surface area contributed by atoms with Crippen LogP contribution in [0.1, 0.15) is 23.1 Å². The van der Waals surface area contributed by atoms with Crippen LogP contribution < -0.4 is 16.0 Å². The molecule has 9 heteroatoms. The van der Waals surface area contributed by atoms with Gasteiger partial charge in [-0.15, -0.1) is 0 Å². The van der Waals surface area contributed by atoms with Crippen LogP contribution in [-0.4, -0.2) is 34.8 Å². The number of carbonyl (C=O) groups is 1. The molecule has 1 aromatic heterocycles. The van der Waals surface area contributed by atoms with Crippen LogP contribution in [0.25, 0.3) is 10.9 Å². The van der Waals surface area contributed by atoms with Crippen LogP contribution in [0, 0.1) is 0 Å². The summed E-state index contributed by atoms with van der Waals surface area (Å²) in [5.41, 5.74) is 7.13. The number of carbonyl (C=O) groups excluding carboxylic acids is 1. The van der Waals surface area contributed by atoms with Gasteiger partial charge in [-0.05, 0) is 49.4 Å². The molecule has 0 saturated heterocycles. The second-order valence-electron chi connectivity index (χ2n) is 5.90. The Morgan fingerprint density at radius 1 is 1.24 bits per heavy atom. The van der Waals surface area contributed by atoms with Crippen molar-refractivity contribution in [1.29, 1.82) is 0 Å². The van der Waals surface area contributed by atoms with E-state index in [0.717, 1.165) is 5.75 Å². The molecule has 3 rings (SSSR count). The molecule has 0 bridgehead atoms. The fourth-order valence-corrected chi connectivity index (χ4v) is 3.18. The normalized spacial score (nSPS) is 11.4. The smallest absolute Gasteiger partial charge is 0.337 e. The quantitative estimate of drug-likeness (QED) is 0.363. The van der Waals surface area contributed by atoms with E-state index in [1.807, 2.05) is 31.2 Å². The third-order valence-corrected chi connectivity index (χ3v) is 4.73. The number of esters is 1. The summed E-state index contributed by atoms with van der Waals surface area (Å²) in [4.78, 5) is 35.4. The Bertz CT molecular complexity index is 1110. The van der Waals surface area contributed by atoms with Crippen LogP contribution in [0.3, 0.4) is 0 Å². The number of nitrogens with one attached hydrogen (secondary N) is 1. The summed E-state index contributed by atoms with van der Waals surface area (Å²) in [5.74, 6) is 1.03. The summed E-state index contributed by atoms with van der Waals surface area (Å²) in [7, 11) is 1.30. The lowest BCUT2D eigenvalue weighted by molar-refractivity contribution is 0.0601. The average Bonchev–Trinajstić information content (AvgIpc) is 2.73. The van der Waals surface area contributed by atoms with Crippen LogP contribution in [-0.2, 0) is 10.5 Å². The number of hydrogen-bond acceptors (Lipinski definition) is 7. The monoisotopic (exact) mass is 412 g/mol. The van der Waals surface area contributed by atoms with Gasteiger partial charge in [0, 0.05) is 0 Å². The molecule has 0 aliphatic carbocycles. The van der Waals surface area contributed by atoms with Crippen LogP contribution >= 0.6 is 11.8 Å². The highest BCUT2D eigenvalue weighted by Gasteiger charge is 2.10. The fraction of sp³-hybridized carbons (Fsp3) is 0.200. The van der Waals surface area contributed by atoms with E-state index in [1.54, 1.807) is 6.07 Å². The molecule has 0 saturated carbocycles. The van der Waals surface area contributed by atoms with E-state index in [1.165, 1.54) is 31.0 Å². The SMILES string of the molecule is CCOc1ccc(N=C(N)SCc2nc3cc(C(=O)OC)ccc3c(=O)[nH]2)cc1. The molecule has 0 aliphatic heterocycles. The lowest BCUT2D eigenvalue weighted by atomic mass is 10.1. The number of thioether (sulfide) groups is 1. The van der Waals surface area contributed by atoms with Gasteiger partial charge in [0.2, 0.25) is 0 Å². The third-order valence-electron chi connectivity index (χ3n) is 3.92. The number of hydrogen-bond donors (Lipinski definition) is 2. The van der Waals surface area contributed by atoms with Crippen molar-refractivity contribution in [1.82, 2.24) is 9.97 Å².